The van der Waals surface area contributed by atoms with Gasteiger partial charge in [-0.05, 0) is 54.4 Å². The van der Waals surface area contributed by atoms with E-state index < -0.39 is 11.9 Å². The lowest BCUT2D eigenvalue weighted by atomic mass is 10.3. The number of aromatic nitrogens is 2. The maximum atomic E-state index is 12.2. The number of anilines is 1. The van der Waals surface area contributed by atoms with E-state index in [-0.39, 0.29) is 6.61 Å². The standard InChI is InChI=1S/C20H19N3O3S/c1-14-20(15(2)23(22-14)17-6-4-3-5-7-17)21-18(24)12-26-19(25)9-8-16-10-11-27-13-16/h3-11,13H,12H2,1-2H3,(H,21,24)/b9-8+. The maximum absolute atomic E-state index is 12.2. The Bertz CT molecular complexity index is 960. The van der Waals surface area contributed by atoms with Gasteiger partial charge in [-0.2, -0.15) is 16.4 Å². The first-order valence-electron chi connectivity index (χ1n) is 8.33. The summed E-state index contributed by atoms with van der Waals surface area (Å²) in [5, 5.41) is 11.1. The number of ether oxygens (including phenoxy) is 1. The molecule has 0 unspecified atom stereocenters. The number of para-hydroxylation sites is 1. The molecule has 6 nitrogen and oxygen atoms in total. The summed E-state index contributed by atoms with van der Waals surface area (Å²) < 4.78 is 6.75. The second kappa shape index (κ2) is 8.46. The second-order valence-electron chi connectivity index (χ2n) is 5.84. The van der Waals surface area contributed by atoms with Crippen molar-refractivity contribution in [3.05, 3.63) is 70.2 Å². The summed E-state index contributed by atoms with van der Waals surface area (Å²) in [5.41, 5.74) is 3.93. The van der Waals surface area contributed by atoms with Crippen molar-refractivity contribution < 1.29 is 14.3 Å². The summed E-state index contributed by atoms with van der Waals surface area (Å²) in [4.78, 5) is 23.9. The number of hydrogen-bond acceptors (Lipinski definition) is 5. The first-order valence-corrected chi connectivity index (χ1v) is 9.27. The minimum absolute atomic E-state index is 0.359. The molecule has 0 saturated heterocycles. The molecular weight excluding hydrogens is 362 g/mol. The number of hydrogen-bond donors (Lipinski definition) is 1. The van der Waals surface area contributed by atoms with Gasteiger partial charge in [0, 0.05) is 6.08 Å². The van der Waals surface area contributed by atoms with E-state index in [2.05, 4.69) is 10.4 Å². The fourth-order valence-corrected chi connectivity index (χ4v) is 3.17. The van der Waals surface area contributed by atoms with E-state index >= 15 is 0 Å². The molecule has 0 radical (unpaired) electrons. The summed E-state index contributed by atoms with van der Waals surface area (Å²) in [5.74, 6) is -0.976. The van der Waals surface area contributed by atoms with Gasteiger partial charge in [0.15, 0.2) is 6.61 Å². The van der Waals surface area contributed by atoms with Crippen LogP contribution >= 0.6 is 11.3 Å². The van der Waals surface area contributed by atoms with E-state index in [9.17, 15) is 9.59 Å². The van der Waals surface area contributed by atoms with Crippen molar-refractivity contribution in [2.45, 2.75) is 13.8 Å². The average molecular weight is 381 g/mol. The Morgan fingerprint density at radius 1 is 1.22 bits per heavy atom. The van der Waals surface area contributed by atoms with Gasteiger partial charge in [0.1, 0.15) is 0 Å². The van der Waals surface area contributed by atoms with Gasteiger partial charge in [0.05, 0.1) is 22.8 Å². The highest BCUT2D eigenvalue weighted by molar-refractivity contribution is 7.08. The first-order chi connectivity index (χ1) is 13.0. The van der Waals surface area contributed by atoms with Crippen molar-refractivity contribution in [3.63, 3.8) is 0 Å². The zero-order valence-corrected chi connectivity index (χ0v) is 15.8. The van der Waals surface area contributed by atoms with Crippen molar-refractivity contribution in [1.82, 2.24) is 9.78 Å². The van der Waals surface area contributed by atoms with Crippen molar-refractivity contribution in [2.75, 3.05) is 11.9 Å². The van der Waals surface area contributed by atoms with Crippen LogP contribution in [0.5, 0.6) is 0 Å². The van der Waals surface area contributed by atoms with Gasteiger partial charge >= 0.3 is 5.97 Å². The maximum Gasteiger partial charge on any atom is 0.331 e. The number of amides is 1. The molecule has 3 rings (SSSR count). The van der Waals surface area contributed by atoms with E-state index in [4.69, 9.17) is 4.74 Å². The lowest BCUT2D eigenvalue weighted by Crippen LogP contribution is -2.20. The molecule has 27 heavy (non-hydrogen) atoms. The van der Waals surface area contributed by atoms with E-state index in [1.54, 1.807) is 10.8 Å². The molecule has 138 valence electrons. The number of benzene rings is 1. The van der Waals surface area contributed by atoms with Crippen LogP contribution in [0.25, 0.3) is 11.8 Å². The molecule has 0 atom stereocenters. The van der Waals surface area contributed by atoms with E-state index in [1.807, 2.05) is 61.0 Å². The molecule has 0 spiro atoms. The third kappa shape index (κ3) is 4.71. The van der Waals surface area contributed by atoms with Gasteiger partial charge in [-0.15, -0.1) is 0 Å². The Morgan fingerprint density at radius 3 is 2.70 bits per heavy atom. The summed E-state index contributed by atoms with van der Waals surface area (Å²) in [6, 6.07) is 11.5. The number of aryl methyl sites for hydroxylation is 1. The Hall–Kier alpha value is -3.19. The van der Waals surface area contributed by atoms with Crippen LogP contribution in [-0.2, 0) is 14.3 Å². The van der Waals surface area contributed by atoms with Gasteiger partial charge in [-0.3, -0.25) is 4.79 Å². The summed E-state index contributed by atoms with van der Waals surface area (Å²) in [6.07, 6.45) is 2.95. The first kappa shape index (κ1) is 18.6. The van der Waals surface area contributed by atoms with Crippen LogP contribution in [0.15, 0.2) is 53.2 Å². The van der Waals surface area contributed by atoms with Crippen LogP contribution < -0.4 is 5.32 Å². The average Bonchev–Trinajstić information content (AvgIpc) is 3.29. The van der Waals surface area contributed by atoms with Crippen LogP contribution in [0.1, 0.15) is 17.0 Å². The smallest absolute Gasteiger partial charge is 0.331 e. The van der Waals surface area contributed by atoms with Gasteiger partial charge in [-0.1, -0.05) is 18.2 Å². The number of thiophene rings is 1. The predicted molar refractivity (Wildman–Crippen MR) is 106 cm³/mol. The van der Waals surface area contributed by atoms with E-state index in [0.717, 1.165) is 16.9 Å². The SMILES string of the molecule is Cc1nn(-c2ccccc2)c(C)c1NC(=O)COC(=O)/C=C/c1ccsc1. The molecule has 2 heterocycles. The highest BCUT2D eigenvalue weighted by Crippen LogP contribution is 2.22. The molecule has 0 aliphatic rings. The Labute approximate surface area is 161 Å². The number of rotatable bonds is 6. The molecule has 7 heteroatoms. The molecule has 2 aromatic heterocycles. The fourth-order valence-electron chi connectivity index (χ4n) is 2.54. The molecule has 0 aliphatic carbocycles. The number of nitrogens with zero attached hydrogens (tertiary/aromatic N) is 2. The van der Waals surface area contributed by atoms with Crippen LogP contribution in [0.2, 0.25) is 0 Å². The van der Waals surface area contributed by atoms with Gasteiger partial charge in [0.2, 0.25) is 0 Å². The minimum atomic E-state index is -0.565. The topological polar surface area (TPSA) is 73.2 Å². The molecule has 0 aliphatic heterocycles. The largest absolute Gasteiger partial charge is 0.452 e. The summed E-state index contributed by atoms with van der Waals surface area (Å²) >= 11 is 1.54. The third-order valence-electron chi connectivity index (χ3n) is 3.86. The van der Waals surface area contributed by atoms with E-state index in [0.29, 0.717) is 11.4 Å². The Balaban J connectivity index is 1.60. The normalized spacial score (nSPS) is 10.9. The molecule has 0 fully saturated rings. The number of carbonyl (C=O) groups is 2. The summed E-state index contributed by atoms with van der Waals surface area (Å²) in [7, 11) is 0. The molecule has 1 amide bonds. The molecular formula is C20H19N3O3S. The van der Waals surface area contributed by atoms with Crippen molar-refractivity contribution in [1.29, 1.82) is 0 Å². The van der Waals surface area contributed by atoms with Crippen LogP contribution in [-0.4, -0.2) is 28.3 Å². The van der Waals surface area contributed by atoms with E-state index in [1.165, 1.54) is 17.4 Å². The lowest BCUT2D eigenvalue weighted by molar-refractivity contribution is -0.142. The lowest BCUT2D eigenvalue weighted by Gasteiger charge is -2.07. The zero-order chi connectivity index (χ0) is 19.2. The van der Waals surface area contributed by atoms with Gasteiger partial charge in [-0.25, -0.2) is 9.48 Å². The van der Waals surface area contributed by atoms with Gasteiger partial charge < -0.3 is 10.1 Å². The predicted octanol–water partition coefficient (Wildman–Crippen LogP) is 3.75. The van der Waals surface area contributed by atoms with Crippen molar-refractivity contribution >= 4 is 35.0 Å². The molecule has 1 N–H and O–H groups in total. The number of esters is 1. The highest BCUT2D eigenvalue weighted by atomic mass is 32.1. The number of nitrogens with one attached hydrogen (secondary N) is 1. The third-order valence-corrected chi connectivity index (χ3v) is 4.56. The molecule has 0 bridgehead atoms. The van der Waals surface area contributed by atoms with Gasteiger partial charge in [0.25, 0.3) is 5.91 Å². The Morgan fingerprint density at radius 2 is 2.00 bits per heavy atom. The minimum Gasteiger partial charge on any atom is -0.452 e. The van der Waals surface area contributed by atoms with Crippen LogP contribution in [0, 0.1) is 13.8 Å². The Kier molecular flexibility index (Phi) is 5.83. The van der Waals surface area contributed by atoms with Crippen molar-refractivity contribution in [2.24, 2.45) is 0 Å². The van der Waals surface area contributed by atoms with Crippen LogP contribution in [0.4, 0.5) is 5.69 Å². The number of carbonyl (C=O) groups excluding carboxylic acids is 2. The highest BCUT2D eigenvalue weighted by Gasteiger charge is 2.15. The second-order valence-corrected chi connectivity index (χ2v) is 6.62. The zero-order valence-electron chi connectivity index (χ0n) is 15.0. The monoisotopic (exact) mass is 381 g/mol. The molecule has 0 saturated carbocycles. The van der Waals surface area contributed by atoms with Crippen LogP contribution in [0.3, 0.4) is 0 Å². The molecule has 1 aromatic carbocycles. The molecule has 3 aromatic rings. The van der Waals surface area contributed by atoms with Crippen molar-refractivity contribution in [3.8, 4) is 5.69 Å². The summed E-state index contributed by atoms with van der Waals surface area (Å²) in [6.45, 7) is 3.33. The quantitative estimate of drug-likeness (QED) is 0.521. The fraction of sp³-hybridized carbons (Fsp3) is 0.150.